The molecule has 1 fully saturated rings. The zero-order valence-electron chi connectivity index (χ0n) is 16.3. The molecule has 0 spiro atoms. The van der Waals surface area contributed by atoms with Gasteiger partial charge in [-0.1, -0.05) is 11.2 Å². The Kier molecular flexibility index (Phi) is 4.14. The van der Waals surface area contributed by atoms with Crippen molar-refractivity contribution in [2.24, 2.45) is 0 Å². The van der Waals surface area contributed by atoms with Crippen LogP contribution in [-0.2, 0) is 16.9 Å². The summed E-state index contributed by atoms with van der Waals surface area (Å²) in [6.07, 6.45) is 3.29. The van der Waals surface area contributed by atoms with Crippen LogP contribution in [0, 0.1) is 0 Å². The van der Waals surface area contributed by atoms with Crippen molar-refractivity contribution in [3.8, 4) is 23.0 Å². The fourth-order valence-corrected chi connectivity index (χ4v) is 3.69. The first-order valence-corrected chi connectivity index (χ1v) is 9.38. The van der Waals surface area contributed by atoms with Crippen LogP contribution < -0.4 is 15.4 Å². The third-order valence-corrected chi connectivity index (χ3v) is 5.28. The zero-order valence-corrected chi connectivity index (χ0v) is 16.3. The van der Waals surface area contributed by atoms with Crippen LogP contribution in [0.2, 0.25) is 0 Å². The highest BCUT2D eigenvalue weighted by molar-refractivity contribution is 6.07. The lowest BCUT2D eigenvalue weighted by atomic mass is 9.95. The molecule has 4 heterocycles. The van der Waals surface area contributed by atoms with E-state index in [4.69, 9.17) is 9.26 Å². The second-order valence-electron chi connectivity index (χ2n) is 7.14. The third-order valence-electron chi connectivity index (χ3n) is 5.28. The van der Waals surface area contributed by atoms with Crippen LogP contribution in [0.15, 0.2) is 59.4 Å². The number of rotatable bonds is 5. The van der Waals surface area contributed by atoms with Crippen molar-refractivity contribution in [3.63, 3.8) is 0 Å². The highest BCUT2D eigenvalue weighted by Crippen LogP contribution is 2.35. The van der Waals surface area contributed by atoms with E-state index in [0.717, 1.165) is 5.39 Å². The maximum absolute atomic E-state index is 12.9. The van der Waals surface area contributed by atoms with Crippen LogP contribution in [0.5, 0.6) is 11.6 Å². The van der Waals surface area contributed by atoms with Gasteiger partial charge in [-0.2, -0.15) is 0 Å². The van der Waals surface area contributed by atoms with Gasteiger partial charge in [0.05, 0.1) is 19.3 Å². The van der Waals surface area contributed by atoms with Crippen molar-refractivity contribution >= 4 is 22.7 Å². The van der Waals surface area contributed by atoms with E-state index in [1.807, 2.05) is 0 Å². The van der Waals surface area contributed by atoms with Crippen LogP contribution in [0.25, 0.3) is 22.2 Å². The number of aromatic hydroxyl groups is 1. The number of ether oxygens (including phenoxy) is 1. The number of amides is 3. The van der Waals surface area contributed by atoms with E-state index in [-0.39, 0.29) is 18.2 Å². The predicted octanol–water partition coefficient (Wildman–Crippen LogP) is 2.14. The molecule has 0 bridgehead atoms. The predicted molar refractivity (Wildman–Crippen MR) is 108 cm³/mol. The Labute approximate surface area is 175 Å². The van der Waals surface area contributed by atoms with Crippen LogP contribution in [0.4, 0.5) is 4.79 Å². The van der Waals surface area contributed by atoms with E-state index in [1.54, 1.807) is 54.9 Å². The number of hydrogen-bond acceptors (Lipinski definition) is 7. The molecule has 3 N–H and O–H groups in total. The highest BCUT2D eigenvalue weighted by Gasteiger charge is 2.51. The number of aromatic nitrogens is 3. The maximum atomic E-state index is 12.9. The summed E-state index contributed by atoms with van der Waals surface area (Å²) in [5, 5.41) is 20.9. The van der Waals surface area contributed by atoms with Crippen molar-refractivity contribution in [1.29, 1.82) is 0 Å². The van der Waals surface area contributed by atoms with Gasteiger partial charge in [-0.25, -0.2) is 4.79 Å². The first-order valence-electron chi connectivity index (χ1n) is 9.38. The smallest absolute Gasteiger partial charge is 0.322 e. The Morgan fingerprint density at radius 2 is 2.06 bits per heavy atom. The molecule has 1 aromatic carbocycles. The Bertz CT molecular complexity index is 1310. The molecule has 1 atom stereocenters. The van der Waals surface area contributed by atoms with Gasteiger partial charge in [0.25, 0.3) is 5.91 Å². The number of nitrogens with one attached hydrogen (secondary N) is 2. The van der Waals surface area contributed by atoms with Gasteiger partial charge in [-0.3, -0.25) is 15.1 Å². The first kappa shape index (κ1) is 18.7. The summed E-state index contributed by atoms with van der Waals surface area (Å²) in [6.45, 7) is -0.121. The van der Waals surface area contributed by atoms with Gasteiger partial charge in [0.1, 0.15) is 11.4 Å². The van der Waals surface area contributed by atoms with Gasteiger partial charge in [-0.15, -0.1) is 0 Å². The number of imide groups is 1. The largest absolute Gasteiger partial charge is 0.497 e. The summed E-state index contributed by atoms with van der Waals surface area (Å²) >= 11 is 0. The second kappa shape index (κ2) is 6.87. The van der Waals surface area contributed by atoms with Crippen molar-refractivity contribution in [3.05, 3.63) is 60.6 Å². The summed E-state index contributed by atoms with van der Waals surface area (Å²) in [4.78, 5) is 29.1. The molecule has 0 unspecified atom stereocenters. The summed E-state index contributed by atoms with van der Waals surface area (Å²) in [6, 6.07) is 11.4. The van der Waals surface area contributed by atoms with Crippen LogP contribution in [-0.4, -0.2) is 38.9 Å². The molecule has 1 saturated heterocycles. The number of benzene rings is 1. The van der Waals surface area contributed by atoms with E-state index in [2.05, 4.69) is 20.8 Å². The third kappa shape index (κ3) is 2.96. The summed E-state index contributed by atoms with van der Waals surface area (Å²) in [5.41, 5.74) is -0.636. The molecule has 0 radical (unpaired) electrons. The molecule has 10 heteroatoms. The molecule has 3 amide bonds. The highest BCUT2D eigenvalue weighted by atomic mass is 16.5. The molecular weight excluding hydrogens is 402 g/mol. The Morgan fingerprint density at radius 1 is 1.19 bits per heavy atom. The molecule has 1 aliphatic rings. The lowest BCUT2D eigenvalue weighted by molar-refractivity contribution is -0.125. The minimum atomic E-state index is -1.60. The minimum Gasteiger partial charge on any atom is -0.497 e. The lowest BCUT2D eigenvalue weighted by Gasteiger charge is -2.23. The van der Waals surface area contributed by atoms with Gasteiger partial charge in [0.15, 0.2) is 17.2 Å². The molecule has 10 nitrogen and oxygen atoms in total. The molecule has 0 saturated carbocycles. The van der Waals surface area contributed by atoms with Crippen molar-refractivity contribution < 1.29 is 24.0 Å². The topological polar surface area (TPSA) is 132 Å². The van der Waals surface area contributed by atoms with Crippen molar-refractivity contribution in [2.45, 2.75) is 12.1 Å². The average Bonchev–Trinajstić information content (AvgIpc) is 3.46. The normalized spacial score (nSPS) is 18.2. The number of urea groups is 1. The summed E-state index contributed by atoms with van der Waals surface area (Å²) < 4.78 is 12.2. The molecule has 3 aromatic heterocycles. The van der Waals surface area contributed by atoms with E-state index >= 15 is 0 Å². The fraction of sp³-hybridized carbons (Fsp3) is 0.143. The quantitative estimate of drug-likeness (QED) is 0.422. The fourth-order valence-electron chi connectivity index (χ4n) is 3.69. The number of methoxy groups -OCH3 is 1. The first-order chi connectivity index (χ1) is 15.0. The lowest BCUT2D eigenvalue weighted by Crippen LogP contribution is -2.47. The number of carbonyl (C=O) groups is 2. The molecule has 5 rings (SSSR count). The monoisotopic (exact) mass is 419 g/mol. The molecule has 156 valence electrons. The molecular formula is C21H17N5O5. The van der Waals surface area contributed by atoms with Crippen LogP contribution in [0.3, 0.4) is 0 Å². The van der Waals surface area contributed by atoms with Gasteiger partial charge >= 0.3 is 6.03 Å². The number of hydrogen-bond donors (Lipinski definition) is 3. The Balaban J connectivity index is 1.59. The van der Waals surface area contributed by atoms with Gasteiger partial charge in [0.2, 0.25) is 0 Å². The van der Waals surface area contributed by atoms with Crippen LogP contribution >= 0.6 is 0 Å². The van der Waals surface area contributed by atoms with E-state index in [1.165, 1.54) is 11.7 Å². The Hall–Kier alpha value is -4.34. The standard InChI is InChI=1S/C21H17N5O5/c1-30-13-6-5-12-10-26(18(27)14(12)8-13)11-21(19(28)23-20(29)24-21)17-9-16(25-31-17)15-4-2-3-7-22-15/h2-10,27H,11H2,1H3,(H2,23,24,28,29)/t21-/m0/s1. The minimum absolute atomic E-state index is 0.0771. The number of carbonyl (C=O) groups excluding carboxylic acids is 2. The average molecular weight is 419 g/mol. The molecule has 4 aromatic rings. The second-order valence-corrected chi connectivity index (χ2v) is 7.14. The van der Waals surface area contributed by atoms with Crippen molar-refractivity contribution in [2.75, 3.05) is 7.11 Å². The van der Waals surface area contributed by atoms with Crippen molar-refractivity contribution in [1.82, 2.24) is 25.3 Å². The summed E-state index contributed by atoms with van der Waals surface area (Å²) in [5.74, 6) is 0.00583. The van der Waals surface area contributed by atoms with Gasteiger partial charge in [-0.05, 0) is 30.3 Å². The zero-order chi connectivity index (χ0) is 21.6. The van der Waals surface area contributed by atoms with E-state index in [0.29, 0.717) is 22.5 Å². The van der Waals surface area contributed by atoms with E-state index < -0.39 is 17.5 Å². The molecule has 31 heavy (non-hydrogen) atoms. The van der Waals surface area contributed by atoms with Gasteiger partial charge in [0, 0.05) is 29.2 Å². The SMILES string of the molecule is COc1ccc2cn(C[C@@]3(c4cc(-c5ccccn5)no4)NC(=O)NC3=O)c(O)c2c1. The van der Waals surface area contributed by atoms with Gasteiger partial charge < -0.3 is 24.3 Å². The van der Waals surface area contributed by atoms with Crippen LogP contribution in [0.1, 0.15) is 5.76 Å². The summed E-state index contributed by atoms with van der Waals surface area (Å²) in [7, 11) is 1.53. The number of nitrogens with zero attached hydrogens (tertiary/aromatic N) is 3. The Morgan fingerprint density at radius 3 is 2.77 bits per heavy atom. The number of fused-ring (bicyclic) bond motifs is 1. The van der Waals surface area contributed by atoms with E-state index in [9.17, 15) is 14.7 Å². The maximum Gasteiger partial charge on any atom is 0.322 e. The number of pyridine rings is 1. The molecule has 1 aliphatic heterocycles. The molecule has 0 aliphatic carbocycles.